The van der Waals surface area contributed by atoms with E-state index in [1.807, 2.05) is 6.92 Å². The second-order valence-corrected chi connectivity index (χ2v) is 6.71. The van der Waals surface area contributed by atoms with Crippen molar-refractivity contribution in [2.75, 3.05) is 26.4 Å². The first-order valence-electron chi connectivity index (χ1n) is 8.65. The summed E-state index contributed by atoms with van der Waals surface area (Å²) in [6, 6.07) is 0.285. The summed E-state index contributed by atoms with van der Waals surface area (Å²) in [5.41, 5.74) is 0. The SMILES string of the molecule is CCOCC(NCC(O)COC1CCCCC1C)C(C)C. The first-order valence-corrected chi connectivity index (χ1v) is 8.65. The maximum Gasteiger partial charge on any atom is 0.0897 e. The smallest absolute Gasteiger partial charge is 0.0897 e. The van der Waals surface area contributed by atoms with Crippen molar-refractivity contribution in [1.29, 1.82) is 0 Å². The normalized spacial score (nSPS) is 26.0. The van der Waals surface area contributed by atoms with Crippen molar-refractivity contribution in [3.05, 3.63) is 0 Å². The fourth-order valence-corrected chi connectivity index (χ4v) is 2.84. The Bertz CT molecular complexity index is 260. The lowest BCUT2D eigenvalue weighted by molar-refractivity contribution is -0.0465. The van der Waals surface area contributed by atoms with E-state index in [9.17, 15) is 5.11 Å². The van der Waals surface area contributed by atoms with Gasteiger partial charge in [0.2, 0.25) is 0 Å². The summed E-state index contributed by atoms with van der Waals surface area (Å²) in [6.45, 7) is 11.0. The van der Waals surface area contributed by atoms with E-state index >= 15 is 0 Å². The van der Waals surface area contributed by atoms with Crippen molar-refractivity contribution in [1.82, 2.24) is 5.32 Å². The van der Waals surface area contributed by atoms with Crippen molar-refractivity contribution in [3.63, 3.8) is 0 Å². The van der Waals surface area contributed by atoms with Gasteiger partial charge in [0.1, 0.15) is 0 Å². The summed E-state index contributed by atoms with van der Waals surface area (Å²) in [4.78, 5) is 0. The zero-order valence-corrected chi connectivity index (χ0v) is 14.3. The number of ether oxygens (including phenoxy) is 2. The molecule has 1 fully saturated rings. The molecule has 0 bridgehead atoms. The van der Waals surface area contributed by atoms with Crippen LogP contribution in [0.3, 0.4) is 0 Å². The topological polar surface area (TPSA) is 50.7 Å². The molecule has 21 heavy (non-hydrogen) atoms. The van der Waals surface area contributed by atoms with E-state index in [0.717, 1.165) is 13.0 Å². The zero-order chi connectivity index (χ0) is 15.7. The Hall–Kier alpha value is -0.160. The van der Waals surface area contributed by atoms with Gasteiger partial charge in [0.25, 0.3) is 0 Å². The van der Waals surface area contributed by atoms with E-state index in [2.05, 4.69) is 26.1 Å². The minimum Gasteiger partial charge on any atom is -0.389 e. The maximum atomic E-state index is 10.1. The van der Waals surface area contributed by atoms with Crippen LogP contribution in [0.4, 0.5) is 0 Å². The van der Waals surface area contributed by atoms with Gasteiger partial charge in [-0.05, 0) is 31.6 Å². The summed E-state index contributed by atoms with van der Waals surface area (Å²) < 4.78 is 11.4. The second-order valence-electron chi connectivity index (χ2n) is 6.71. The fraction of sp³-hybridized carbons (Fsp3) is 1.00. The van der Waals surface area contributed by atoms with Gasteiger partial charge in [0.15, 0.2) is 0 Å². The first kappa shape index (κ1) is 18.9. The Labute approximate surface area is 130 Å². The highest BCUT2D eigenvalue weighted by Crippen LogP contribution is 2.26. The van der Waals surface area contributed by atoms with Crippen LogP contribution in [-0.4, -0.2) is 49.7 Å². The number of nitrogens with one attached hydrogen (secondary N) is 1. The summed E-state index contributed by atoms with van der Waals surface area (Å²) in [5, 5.41) is 13.5. The van der Waals surface area contributed by atoms with Gasteiger partial charge in [-0.15, -0.1) is 0 Å². The molecule has 4 atom stereocenters. The molecule has 0 radical (unpaired) electrons. The average molecular weight is 301 g/mol. The Balaban J connectivity index is 2.20. The number of aliphatic hydroxyl groups excluding tert-OH is 1. The molecule has 0 spiro atoms. The molecule has 0 aromatic rings. The quantitative estimate of drug-likeness (QED) is 0.651. The van der Waals surface area contributed by atoms with Gasteiger partial charge in [0.05, 0.1) is 25.4 Å². The van der Waals surface area contributed by atoms with Crippen LogP contribution in [0.25, 0.3) is 0 Å². The van der Waals surface area contributed by atoms with Crippen LogP contribution >= 0.6 is 0 Å². The van der Waals surface area contributed by atoms with Gasteiger partial charge in [0, 0.05) is 19.2 Å². The summed E-state index contributed by atoms with van der Waals surface area (Å²) in [5.74, 6) is 1.11. The molecule has 0 saturated heterocycles. The van der Waals surface area contributed by atoms with Crippen molar-refractivity contribution in [2.24, 2.45) is 11.8 Å². The maximum absolute atomic E-state index is 10.1. The van der Waals surface area contributed by atoms with Crippen LogP contribution in [-0.2, 0) is 9.47 Å². The minimum absolute atomic E-state index is 0.285. The molecule has 1 rings (SSSR count). The molecular formula is C17H35NO3. The molecule has 4 nitrogen and oxygen atoms in total. The van der Waals surface area contributed by atoms with E-state index < -0.39 is 6.10 Å². The van der Waals surface area contributed by atoms with Crippen LogP contribution in [0.2, 0.25) is 0 Å². The molecule has 0 aromatic carbocycles. The highest BCUT2D eigenvalue weighted by atomic mass is 16.5. The third-order valence-corrected chi connectivity index (χ3v) is 4.46. The van der Waals surface area contributed by atoms with E-state index in [1.165, 1.54) is 19.3 Å². The third kappa shape index (κ3) is 7.59. The fourth-order valence-electron chi connectivity index (χ4n) is 2.84. The van der Waals surface area contributed by atoms with Gasteiger partial charge in [-0.2, -0.15) is 0 Å². The summed E-state index contributed by atoms with van der Waals surface area (Å²) in [6.07, 6.45) is 4.86. The lowest BCUT2D eigenvalue weighted by atomic mass is 9.88. The molecule has 4 heteroatoms. The zero-order valence-electron chi connectivity index (χ0n) is 14.3. The van der Waals surface area contributed by atoms with Gasteiger partial charge >= 0.3 is 0 Å². The molecule has 4 unspecified atom stereocenters. The minimum atomic E-state index is -0.443. The van der Waals surface area contributed by atoms with Gasteiger partial charge < -0.3 is 19.9 Å². The van der Waals surface area contributed by atoms with Gasteiger partial charge in [-0.3, -0.25) is 0 Å². The standard InChI is InChI=1S/C17H35NO3/c1-5-20-12-16(13(2)3)18-10-15(19)11-21-17-9-7-6-8-14(17)4/h13-19H,5-12H2,1-4H3. The van der Waals surface area contributed by atoms with Crippen molar-refractivity contribution in [3.8, 4) is 0 Å². The van der Waals surface area contributed by atoms with Crippen LogP contribution in [0.15, 0.2) is 0 Å². The average Bonchev–Trinajstić information content (AvgIpc) is 2.46. The third-order valence-electron chi connectivity index (χ3n) is 4.46. The molecule has 1 aliphatic rings. The molecular weight excluding hydrogens is 266 g/mol. The molecule has 0 heterocycles. The number of hydrogen-bond acceptors (Lipinski definition) is 4. The van der Waals surface area contributed by atoms with Gasteiger partial charge in [-0.25, -0.2) is 0 Å². The number of hydrogen-bond donors (Lipinski definition) is 2. The number of rotatable bonds is 10. The van der Waals surface area contributed by atoms with E-state index in [1.54, 1.807) is 0 Å². The first-order chi connectivity index (χ1) is 10.0. The van der Waals surface area contributed by atoms with Crippen molar-refractivity contribution < 1.29 is 14.6 Å². The van der Waals surface area contributed by atoms with Crippen molar-refractivity contribution in [2.45, 2.75) is 71.6 Å². The Morgan fingerprint density at radius 3 is 2.52 bits per heavy atom. The molecule has 1 saturated carbocycles. The predicted molar refractivity (Wildman–Crippen MR) is 86.5 cm³/mol. The predicted octanol–water partition coefficient (Wildman–Crippen LogP) is 2.59. The molecule has 0 aromatic heterocycles. The molecule has 1 aliphatic carbocycles. The lowest BCUT2D eigenvalue weighted by Crippen LogP contribution is -2.43. The highest BCUT2D eigenvalue weighted by molar-refractivity contribution is 4.75. The molecule has 126 valence electrons. The van der Waals surface area contributed by atoms with Crippen LogP contribution in [0, 0.1) is 11.8 Å². The molecule has 0 amide bonds. The number of aliphatic hydroxyl groups is 1. The van der Waals surface area contributed by atoms with Crippen LogP contribution in [0.5, 0.6) is 0 Å². The largest absolute Gasteiger partial charge is 0.389 e. The van der Waals surface area contributed by atoms with E-state index in [-0.39, 0.29) is 6.04 Å². The lowest BCUT2D eigenvalue weighted by Gasteiger charge is -2.30. The summed E-state index contributed by atoms with van der Waals surface area (Å²) in [7, 11) is 0. The van der Waals surface area contributed by atoms with Crippen LogP contribution in [0.1, 0.15) is 53.4 Å². The van der Waals surface area contributed by atoms with Crippen LogP contribution < -0.4 is 5.32 Å². The van der Waals surface area contributed by atoms with E-state index in [0.29, 0.717) is 37.7 Å². The highest BCUT2D eigenvalue weighted by Gasteiger charge is 2.23. The Kier molecular flexibility index (Phi) is 9.49. The Morgan fingerprint density at radius 2 is 1.90 bits per heavy atom. The molecule has 2 N–H and O–H groups in total. The summed E-state index contributed by atoms with van der Waals surface area (Å²) >= 11 is 0. The van der Waals surface area contributed by atoms with Gasteiger partial charge in [-0.1, -0.05) is 33.6 Å². The molecule has 0 aliphatic heterocycles. The second kappa shape index (κ2) is 10.5. The van der Waals surface area contributed by atoms with Crippen molar-refractivity contribution >= 4 is 0 Å². The Morgan fingerprint density at radius 1 is 1.19 bits per heavy atom. The monoisotopic (exact) mass is 301 g/mol. The van der Waals surface area contributed by atoms with E-state index in [4.69, 9.17) is 9.47 Å².